The van der Waals surface area contributed by atoms with Crippen LogP contribution in [0.2, 0.25) is 5.15 Å². The van der Waals surface area contributed by atoms with E-state index in [1.807, 2.05) is 42.5 Å². The quantitative estimate of drug-likeness (QED) is 0.666. The molecule has 3 rings (SSSR count). The highest BCUT2D eigenvalue weighted by molar-refractivity contribution is 6.29. The number of halogens is 1. The van der Waals surface area contributed by atoms with E-state index in [2.05, 4.69) is 28.8 Å². The average Bonchev–Trinajstić information content (AvgIpc) is 2.45. The molecule has 0 atom stereocenters. The van der Waals surface area contributed by atoms with Crippen molar-refractivity contribution < 1.29 is 0 Å². The molecule has 106 valence electrons. The smallest absolute Gasteiger partial charge is 0.179 e. The normalized spacial score (nSPS) is 11.2. The summed E-state index contributed by atoms with van der Waals surface area (Å²) >= 11 is 6.12. The summed E-state index contributed by atoms with van der Waals surface area (Å²) in [5.41, 5.74) is 2.64. The van der Waals surface area contributed by atoms with E-state index in [1.54, 1.807) is 0 Å². The van der Waals surface area contributed by atoms with Crippen molar-refractivity contribution in [2.45, 2.75) is 20.3 Å². The van der Waals surface area contributed by atoms with E-state index in [4.69, 9.17) is 11.6 Å². The van der Waals surface area contributed by atoms with Gasteiger partial charge in [-0.25, -0.2) is 15.0 Å². The zero-order valence-corrected chi connectivity index (χ0v) is 12.8. The Hall–Kier alpha value is -2.00. The highest BCUT2D eigenvalue weighted by atomic mass is 35.5. The molecule has 3 nitrogen and oxygen atoms in total. The van der Waals surface area contributed by atoms with Gasteiger partial charge in [0.25, 0.3) is 0 Å². The largest absolute Gasteiger partial charge is 0.244 e. The van der Waals surface area contributed by atoms with Crippen molar-refractivity contribution >= 4 is 22.5 Å². The first-order valence-electron chi connectivity index (χ1n) is 7.01. The fraction of sp³-hybridized carbons (Fsp3) is 0.235. The Morgan fingerprint density at radius 1 is 1.00 bits per heavy atom. The van der Waals surface area contributed by atoms with Gasteiger partial charge in [0.1, 0.15) is 10.8 Å². The fourth-order valence-corrected chi connectivity index (χ4v) is 2.50. The lowest BCUT2D eigenvalue weighted by molar-refractivity contribution is 0.634. The van der Waals surface area contributed by atoms with Crippen LogP contribution in [0.5, 0.6) is 0 Å². The van der Waals surface area contributed by atoms with Gasteiger partial charge in [0, 0.05) is 11.1 Å². The predicted octanol–water partition coefficient (Wildman–Crippen LogP) is 4.54. The minimum absolute atomic E-state index is 0.464. The van der Waals surface area contributed by atoms with Crippen LogP contribution in [0.4, 0.5) is 0 Å². The molecule has 0 amide bonds. The van der Waals surface area contributed by atoms with E-state index in [9.17, 15) is 0 Å². The van der Waals surface area contributed by atoms with Crippen LogP contribution < -0.4 is 0 Å². The third-order valence-electron chi connectivity index (χ3n) is 3.19. The minimum atomic E-state index is 0.464. The lowest BCUT2D eigenvalue weighted by atomic mass is 10.1. The number of hydrogen-bond donors (Lipinski definition) is 0. The highest BCUT2D eigenvalue weighted by Crippen LogP contribution is 2.21. The van der Waals surface area contributed by atoms with Gasteiger partial charge in [-0.2, -0.15) is 0 Å². The molecular formula is C17H16ClN3. The summed E-state index contributed by atoms with van der Waals surface area (Å²) in [6.07, 6.45) is 0.878. The third kappa shape index (κ3) is 3.19. The Morgan fingerprint density at radius 3 is 2.62 bits per heavy atom. The number of fused-ring (bicyclic) bond motifs is 1. The van der Waals surface area contributed by atoms with Crippen molar-refractivity contribution in [2.75, 3.05) is 0 Å². The van der Waals surface area contributed by atoms with Crippen LogP contribution in [0.25, 0.3) is 22.4 Å². The molecule has 0 fully saturated rings. The van der Waals surface area contributed by atoms with Crippen molar-refractivity contribution in [1.29, 1.82) is 0 Å². The number of para-hydroxylation sites is 1. The van der Waals surface area contributed by atoms with Crippen molar-refractivity contribution in [3.8, 4) is 11.5 Å². The van der Waals surface area contributed by atoms with Gasteiger partial charge in [-0.3, -0.25) is 0 Å². The number of pyridine rings is 1. The molecule has 0 bridgehead atoms. The Kier molecular flexibility index (Phi) is 3.84. The molecule has 2 heterocycles. The topological polar surface area (TPSA) is 38.7 Å². The molecule has 0 unspecified atom stereocenters. The van der Waals surface area contributed by atoms with Crippen molar-refractivity contribution in [2.24, 2.45) is 5.92 Å². The second-order valence-electron chi connectivity index (χ2n) is 5.49. The van der Waals surface area contributed by atoms with Gasteiger partial charge >= 0.3 is 0 Å². The van der Waals surface area contributed by atoms with Gasteiger partial charge in [-0.1, -0.05) is 49.7 Å². The Balaban J connectivity index is 2.06. The first-order chi connectivity index (χ1) is 10.1. The molecule has 1 aromatic carbocycles. The molecule has 0 N–H and O–H groups in total. The molecule has 21 heavy (non-hydrogen) atoms. The summed E-state index contributed by atoms with van der Waals surface area (Å²) in [4.78, 5) is 13.5. The van der Waals surface area contributed by atoms with Crippen LogP contribution in [0.15, 0.2) is 42.5 Å². The average molecular weight is 298 g/mol. The molecule has 0 spiro atoms. The van der Waals surface area contributed by atoms with Gasteiger partial charge in [0.2, 0.25) is 0 Å². The maximum absolute atomic E-state index is 6.12. The molecule has 0 radical (unpaired) electrons. The molecule has 0 aliphatic carbocycles. The summed E-state index contributed by atoms with van der Waals surface area (Å²) in [5.74, 6) is 1.11. The number of nitrogens with zero attached hydrogens (tertiary/aromatic N) is 3. The lowest BCUT2D eigenvalue weighted by Gasteiger charge is -2.07. The molecule has 3 aromatic rings. The lowest BCUT2D eigenvalue weighted by Crippen LogP contribution is -2.01. The first kappa shape index (κ1) is 14.0. The van der Waals surface area contributed by atoms with Crippen molar-refractivity contribution in [3.05, 3.63) is 53.3 Å². The SMILES string of the molecule is CC(C)Cc1cc(Cl)nc(-c2ccc3ccccc3n2)n1. The molecule has 4 heteroatoms. The van der Waals surface area contributed by atoms with E-state index in [1.165, 1.54) is 0 Å². The standard InChI is InChI=1S/C17H16ClN3/c1-11(2)9-13-10-16(18)21-17(19-13)15-8-7-12-5-3-4-6-14(12)20-15/h3-8,10-11H,9H2,1-2H3. The van der Waals surface area contributed by atoms with Crippen LogP contribution in [0.1, 0.15) is 19.5 Å². The predicted molar refractivity (Wildman–Crippen MR) is 86.3 cm³/mol. The molecule has 0 aliphatic rings. The van der Waals surface area contributed by atoms with Crippen LogP contribution in [-0.4, -0.2) is 15.0 Å². The Labute approximate surface area is 129 Å². The van der Waals surface area contributed by atoms with Gasteiger partial charge in [-0.05, 0) is 30.5 Å². The molecule has 0 saturated carbocycles. The molecule has 0 aliphatic heterocycles. The maximum atomic E-state index is 6.12. The minimum Gasteiger partial charge on any atom is -0.244 e. The van der Waals surface area contributed by atoms with E-state index in [-0.39, 0.29) is 0 Å². The second kappa shape index (κ2) is 5.78. The van der Waals surface area contributed by atoms with E-state index in [0.717, 1.165) is 28.7 Å². The van der Waals surface area contributed by atoms with Crippen LogP contribution in [0.3, 0.4) is 0 Å². The monoisotopic (exact) mass is 297 g/mol. The molecule has 2 aromatic heterocycles. The van der Waals surface area contributed by atoms with Crippen molar-refractivity contribution in [1.82, 2.24) is 15.0 Å². The second-order valence-corrected chi connectivity index (χ2v) is 5.88. The van der Waals surface area contributed by atoms with Crippen LogP contribution in [0, 0.1) is 5.92 Å². The first-order valence-corrected chi connectivity index (χ1v) is 7.39. The molecule has 0 saturated heterocycles. The zero-order valence-electron chi connectivity index (χ0n) is 12.0. The van der Waals surface area contributed by atoms with Gasteiger partial charge in [-0.15, -0.1) is 0 Å². The summed E-state index contributed by atoms with van der Waals surface area (Å²) in [6, 6.07) is 13.8. The van der Waals surface area contributed by atoms with Gasteiger partial charge < -0.3 is 0 Å². The number of aromatic nitrogens is 3. The van der Waals surface area contributed by atoms with Crippen molar-refractivity contribution in [3.63, 3.8) is 0 Å². The van der Waals surface area contributed by atoms with Gasteiger partial charge in [0.05, 0.1) is 5.52 Å². The summed E-state index contributed by atoms with van der Waals surface area (Å²) in [7, 11) is 0. The van der Waals surface area contributed by atoms with E-state index >= 15 is 0 Å². The van der Waals surface area contributed by atoms with Crippen LogP contribution >= 0.6 is 11.6 Å². The Morgan fingerprint density at radius 2 is 1.81 bits per heavy atom. The fourth-order valence-electron chi connectivity index (χ4n) is 2.29. The number of benzene rings is 1. The molecular weight excluding hydrogens is 282 g/mol. The third-order valence-corrected chi connectivity index (χ3v) is 3.39. The maximum Gasteiger partial charge on any atom is 0.179 e. The summed E-state index contributed by atoms with van der Waals surface area (Å²) < 4.78 is 0. The number of rotatable bonds is 3. The summed E-state index contributed by atoms with van der Waals surface area (Å²) in [6.45, 7) is 4.31. The Bertz CT molecular complexity index is 784. The van der Waals surface area contributed by atoms with E-state index < -0.39 is 0 Å². The zero-order chi connectivity index (χ0) is 14.8. The number of hydrogen-bond acceptors (Lipinski definition) is 3. The summed E-state index contributed by atoms with van der Waals surface area (Å²) in [5, 5.41) is 1.57. The van der Waals surface area contributed by atoms with Gasteiger partial charge in [0.15, 0.2) is 5.82 Å². The van der Waals surface area contributed by atoms with Crippen LogP contribution in [-0.2, 0) is 6.42 Å². The highest BCUT2D eigenvalue weighted by Gasteiger charge is 2.09. The van der Waals surface area contributed by atoms with E-state index in [0.29, 0.717) is 16.9 Å².